The highest BCUT2D eigenvalue weighted by Gasteiger charge is 2.33. The van der Waals surface area contributed by atoms with Gasteiger partial charge in [0.05, 0.1) is 6.54 Å². The summed E-state index contributed by atoms with van der Waals surface area (Å²) in [5, 5.41) is 2.93. The number of nitrogens with one attached hydrogen (secondary N) is 1. The van der Waals surface area contributed by atoms with Crippen molar-refractivity contribution in [1.82, 2.24) is 10.2 Å². The van der Waals surface area contributed by atoms with E-state index in [1.54, 1.807) is 0 Å². The van der Waals surface area contributed by atoms with Gasteiger partial charge in [-0.25, -0.2) is 0 Å². The van der Waals surface area contributed by atoms with Crippen LogP contribution in [0.25, 0.3) is 0 Å². The fourth-order valence-corrected chi connectivity index (χ4v) is 2.93. The summed E-state index contributed by atoms with van der Waals surface area (Å²) in [6.07, 6.45) is 0.976. The molecule has 1 aliphatic heterocycles. The maximum absolute atomic E-state index is 11.8. The van der Waals surface area contributed by atoms with Gasteiger partial charge in [-0.3, -0.25) is 9.69 Å². The Morgan fingerprint density at radius 2 is 2.10 bits per heavy atom. The van der Waals surface area contributed by atoms with Crippen LogP contribution in [0.5, 0.6) is 0 Å². The molecule has 3 N–H and O–H groups in total. The predicted octanol–water partition coefficient (Wildman–Crippen LogP) is 1.19. The van der Waals surface area contributed by atoms with Crippen LogP contribution >= 0.6 is 0 Å². The van der Waals surface area contributed by atoms with E-state index in [9.17, 15) is 4.79 Å². The van der Waals surface area contributed by atoms with Gasteiger partial charge in [0, 0.05) is 25.6 Å². The standard InChI is InChI=1S/C16H25N3O/c1-2-8-18-16(20)12-19-10-14(9-17)15(11-19)13-6-4-3-5-7-13/h3-7,14-15H,2,8-12,17H2,1H3,(H,18,20)/t14-,15+/m1/s1. The molecule has 0 radical (unpaired) electrons. The number of benzene rings is 1. The maximum atomic E-state index is 11.8. The molecule has 0 aromatic heterocycles. The summed E-state index contributed by atoms with van der Waals surface area (Å²) in [5.41, 5.74) is 7.24. The smallest absolute Gasteiger partial charge is 0.234 e. The zero-order valence-electron chi connectivity index (χ0n) is 12.2. The first-order valence-corrected chi connectivity index (χ1v) is 7.48. The molecule has 1 aliphatic rings. The van der Waals surface area contributed by atoms with E-state index in [0.717, 1.165) is 26.1 Å². The van der Waals surface area contributed by atoms with Gasteiger partial charge in [0.1, 0.15) is 0 Å². The lowest BCUT2D eigenvalue weighted by atomic mass is 9.89. The summed E-state index contributed by atoms with van der Waals surface area (Å²) < 4.78 is 0. The molecule has 1 fully saturated rings. The number of nitrogens with two attached hydrogens (primary N) is 1. The third-order valence-corrected chi connectivity index (χ3v) is 3.99. The van der Waals surface area contributed by atoms with Crippen LogP contribution in [0.2, 0.25) is 0 Å². The van der Waals surface area contributed by atoms with Crippen LogP contribution in [0.15, 0.2) is 30.3 Å². The second-order valence-corrected chi connectivity index (χ2v) is 5.56. The van der Waals surface area contributed by atoms with E-state index in [1.807, 2.05) is 6.07 Å². The summed E-state index contributed by atoms with van der Waals surface area (Å²) in [5.74, 6) is 1.01. The SMILES string of the molecule is CCCNC(=O)CN1C[C@@H](CN)[C@H](c2ccccc2)C1. The summed E-state index contributed by atoms with van der Waals surface area (Å²) in [6, 6.07) is 10.5. The molecule has 4 nitrogen and oxygen atoms in total. The number of hydrogen-bond acceptors (Lipinski definition) is 3. The molecule has 4 heteroatoms. The predicted molar refractivity (Wildman–Crippen MR) is 81.5 cm³/mol. The van der Waals surface area contributed by atoms with Crippen LogP contribution in [-0.4, -0.2) is 43.5 Å². The van der Waals surface area contributed by atoms with Crippen molar-refractivity contribution < 1.29 is 4.79 Å². The zero-order valence-corrected chi connectivity index (χ0v) is 12.2. The Morgan fingerprint density at radius 1 is 1.35 bits per heavy atom. The van der Waals surface area contributed by atoms with Gasteiger partial charge in [0.2, 0.25) is 5.91 Å². The van der Waals surface area contributed by atoms with Gasteiger partial charge in [-0.15, -0.1) is 0 Å². The Hall–Kier alpha value is -1.39. The van der Waals surface area contributed by atoms with Crippen LogP contribution in [0.4, 0.5) is 0 Å². The van der Waals surface area contributed by atoms with Crippen LogP contribution in [-0.2, 0) is 4.79 Å². The van der Waals surface area contributed by atoms with E-state index < -0.39 is 0 Å². The molecule has 1 heterocycles. The van der Waals surface area contributed by atoms with Gasteiger partial charge in [0.25, 0.3) is 0 Å². The monoisotopic (exact) mass is 275 g/mol. The first kappa shape index (κ1) is 15.0. The van der Waals surface area contributed by atoms with Crippen LogP contribution in [0.3, 0.4) is 0 Å². The second kappa shape index (κ2) is 7.41. The number of likely N-dealkylation sites (tertiary alicyclic amines) is 1. The fourth-order valence-electron chi connectivity index (χ4n) is 2.93. The molecule has 110 valence electrons. The Labute approximate surface area is 121 Å². The average Bonchev–Trinajstić information content (AvgIpc) is 2.89. The lowest BCUT2D eigenvalue weighted by Gasteiger charge is -2.16. The van der Waals surface area contributed by atoms with Crippen LogP contribution in [0.1, 0.15) is 24.8 Å². The number of nitrogens with zero attached hydrogens (tertiary/aromatic N) is 1. The molecule has 0 unspecified atom stereocenters. The Balaban J connectivity index is 1.94. The minimum Gasteiger partial charge on any atom is -0.355 e. The summed E-state index contributed by atoms with van der Waals surface area (Å²) >= 11 is 0. The Kier molecular flexibility index (Phi) is 5.56. The number of rotatable bonds is 6. The first-order chi connectivity index (χ1) is 9.74. The van der Waals surface area contributed by atoms with E-state index in [2.05, 4.69) is 41.4 Å². The summed E-state index contributed by atoms with van der Waals surface area (Å²) in [7, 11) is 0. The third kappa shape index (κ3) is 3.81. The number of hydrogen-bond donors (Lipinski definition) is 2. The van der Waals surface area contributed by atoms with Crippen molar-refractivity contribution in [3.63, 3.8) is 0 Å². The molecule has 0 spiro atoms. The van der Waals surface area contributed by atoms with Crippen molar-refractivity contribution in [1.29, 1.82) is 0 Å². The summed E-state index contributed by atoms with van der Waals surface area (Å²) in [4.78, 5) is 14.0. The van der Waals surface area contributed by atoms with E-state index in [0.29, 0.717) is 24.9 Å². The number of carbonyl (C=O) groups is 1. The van der Waals surface area contributed by atoms with Gasteiger partial charge in [-0.1, -0.05) is 37.3 Å². The lowest BCUT2D eigenvalue weighted by molar-refractivity contribution is -0.122. The average molecular weight is 275 g/mol. The molecular formula is C16H25N3O. The first-order valence-electron chi connectivity index (χ1n) is 7.48. The van der Waals surface area contributed by atoms with Crippen molar-refractivity contribution in [3.05, 3.63) is 35.9 Å². The molecule has 2 rings (SSSR count). The van der Waals surface area contributed by atoms with Gasteiger partial charge in [-0.2, -0.15) is 0 Å². The normalized spacial score (nSPS) is 22.9. The van der Waals surface area contributed by atoms with Crippen LogP contribution in [0, 0.1) is 5.92 Å². The molecular weight excluding hydrogens is 250 g/mol. The van der Waals surface area contributed by atoms with Gasteiger partial charge >= 0.3 is 0 Å². The Morgan fingerprint density at radius 3 is 2.75 bits per heavy atom. The van der Waals surface area contributed by atoms with Crippen molar-refractivity contribution >= 4 is 5.91 Å². The molecule has 0 saturated carbocycles. The van der Waals surface area contributed by atoms with Crippen molar-refractivity contribution in [2.75, 3.05) is 32.7 Å². The largest absolute Gasteiger partial charge is 0.355 e. The molecule has 1 aromatic rings. The Bertz CT molecular complexity index is 421. The van der Waals surface area contributed by atoms with Gasteiger partial charge in [0.15, 0.2) is 0 Å². The lowest BCUT2D eigenvalue weighted by Crippen LogP contribution is -2.36. The van der Waals surface area contributed by atoms with Crippen LogP contribution < -0.4 is 11.1 Å². The molecule has 1 saturated heterocycles. The zero-order chi connectivity index (χ0) is 14.4. The second-order valence-electron chi connectivity index (χ2n) is 5.56. The van der Waals surface area contributed by atoms with Gasteiger partial charge in [-0.05, 0) is 24.4 Å². The highest BCUT2D eigenvalue weighted by atomic mass is 16.2. The molecule has 1 aromatic carbocycles. The van der Waals surface area contributed by atoms with Crippen molar-refractivity contribution in [2.24, 2.45) is 11.7 Å². The van der Waals surface area contributed by atoms with E-state index in [4.69, 9.17) is 5.73 Å². The molecule has 20 heavy (non-hydrogen) atoms. The number of amides is 1. The topological polar surface area (TPSA) is 58.4 Å². The minimum atomic E-state index is 0.122. The minimum absolute atomic E-state index is 0.122. The summed E-state index contributed by atoms with van der Waals surface area (Å²) in [6.45, 7) is 5.81. The number of carbonyl (C=O) groups excluding carboxylic acids is 1. The van der Waals surface area contributed by atoms with E-state index >= 15 is 0 Å². The van der Waals surface area contributed by atoms with E-state index in [-0.39, 0.29) is 5.91 Å². The maximum Gasteiger partial charge on any atom is 0.234 e. The van der Waals surface area contributed by atoms with Crippen molar-refractivity contribution in [3.8, 4) is 0 Å². The van der Waals surface area contributed by atoms with E-state index in [1.165, 1.54) is 5.56 Å². The molecule has 2 atom stereocenters. The highest BCUT2D eigenvalue weighted by molar-refractivity contribution is 5.78. The highest BCUT2D eigenvalue weighted by Crippen LogP contribution is 2.31. The fraction of sp³-hybridized carbons (Fsp3) is 0.562. The molecule has 0 aliphatic carbocycles. The van der Waals surface area contributed by atoms with Gasteiger partial charge < -0.3 is 11.1 Å². The quantitative estimate of drug-likeness (QED) is 0.820. The molecule has 0 bridgehead atoms. The third-order valence-electron chi connectivity index (χ3n) is 3.99. The molecule has 1 amide bonds. The van der Waals surface area contributed by atoms with Crippen molar-refractivity contribution in [2.45, 2.75) is 19.3 Å².